The van der Waals surface area contributed by atoms with Gasteiger partial charge in [0.05, 0.1) is 17.9 Å². The smallest absolute Gasteiger partial charge is 0.342 e. The van der Waals surface area contributed by atoms with Crippen LogP contribution >= 0.6 is 0 Å². The highest BCUT2D eigenvalue weighted by Crippen LogP contribution is 2.38. The minimum absolute atomic E-state index is 0.166. The molecule has 136 valence electrons. The molecule has 0 aliphatic heterocycles. The van der Waals surface area contributed by atoms with Crippen molar-refractivity contribution < 1.29 is 14.0 Å². The van der Waals surface area contributed by atoms with Crippen LogP contribution in [-0.4, -0.2) is 20.4 Å². The van der Waals surface area contributed by atoms with Gasteiger partial charge in [-0.2, -0.15) is 0 Å². The standard InChI is InChI=1S/C21H30O3Si/c1-21(2,3)25(4,5)24-19-13-9-10-17(16-19)14-15-23-20(22)18-11-7-6-8-12-18/h6-8,11-12,14-16,19H,9-10,13H2,1-5H3/b15-14-/t19-/m1/s1. The minimum atomic E-state index is -1.77. The molecule has 0 heterocycles. The van der Waals surface area contributed by atoms with Crippen molar-refractivity contribution >= 4 is 14.3 Å². The lowest BCUT2D eigenvalue weighted by atomic mass is 9.98. The fourth-order valence-corrected chi connectivity index (χ4v) is 3.82. The molecule has 25 heavy (non-hydrogen) atoms. The zero-order valence-electron chi connectivity index (χ0n) is 16.0. The quantitative estimate of drug-likeness (QED) is 0.376. The second-order valence-corrected chi connectivity index (χ2v) is 12.9. The first-order valence-corrected chi connectivity index (χ1v) is 11.9. The molecule has 0 bridgehead atoms. The number of carbonyl (C=O) groups is 1. The second-order valence-electron chi connectivity index (χ2n) is 8.12. The maximum Gasteiger partial charge on any atom is 0.342 e. The van der Waals surface area contributed by atoms with Crippen LogP contribution in [0.5, 0.6) is 0 Å². The van der Waals surface area contributed by atoms with Gasteiger partial charge in [0.2, 0.25) is 0 Å². The molecule has 0 N–H and O–H groups in total. The van der Waals surface area contributed by atoms with Crippen LogP contribution in [0.1, 0.15) is 50.4 Å². The Morgan fingerprint density at radius 1 is 1.20 bits per heavy atom. The van der Waals surface area contributed by atoms with Crippen molar-refractivity contribution in [3.8, 4) is 0 Å². The van der Waals surface area contributed by atoms with Crippen molar-refractivity contribution in [2.75, 3.05) is 0 Å². The van der Waals surface area contributed by atoms with Crippen LogP contribution in [0.2, 0.25) is 18.1 Å². The summed E-state index contributed by atoms with van der Waals surface area (Å²) in [4.78, 5) is 11.9. The summed E-state index contributed by atoms with van der Waals surface area (Å²) in [5.41, 5.74) is 1.74. The van der Waals surface area contributed by atoms with E-state index in [2.05, 4.69) is 39.9 Å². The third kappa shape index (κ3) is 5.68. The van der Waals surface area contributed by atoms with Gasteiger partial charge in [0.15, 0.2) is 8.32 Å². The molecule has 0 radical (unpaired) electrons. The van der Waals surface area contributed by atoms with Gasteiger partial charge in [0.25, 0.3) is 0 Å². The van der Waals surface area contributed by atoms with E-state index in [1.807, 2.05) is 24.3 Å². The third-order valence-electron chi connectivity index (χ3n) is 5.07. The maximum atomic E-state index is 11.9. The molecule has 0 spiro atoms. The summed E-state index contributed by atoms with van der Waals surface area (Å²) in [6.07, 6.45) is 8.90. The highest BCUT2D eigenvalue weighted by atomic mass is 28.4. The second kappa shape index (κ2) is 8.15. The van der Waals surface area contributed by atoms with Gasteiger partial charge in [-0.15, -0.1) is 0 Å². The fraction of sp³-hybridized carbons (Fsp3) is 0.476. The molecule has 1 aromatic carbocycles. The Morgan fingerprint density at radius 2 is 1.88 bits per heavy atom. The predicted molar refractivity (Wildman–Crippen MR) is 105 cm³/mol. The van der Waals surface area contributed by atoms with Crippen molar-refractivity contribution in [3.63, 3.8) is 0 Å². The summed E-state index contributed by atoms with van der Waals surface area (Å²) in [6.45, 7) is 11.3. The van der Waals surface area contributed by atoms with Gasteiger partial charge in [-0.05, 0) is 61.2 Å². The summed E-state index contributed by atoms with van der Waals surface area (Å²) >= 11 is 0. The van der Waals surface area contributed by atoms with E-state index in [1.54, 1.807) is 12.1 Å². The Labute approximate surface area is 152 Å². The van der Waals surface area contributed by atoms with E-state index in [9.17, 15) is 4.79 Å². The average molecular weight is 359 g/mol. The number of carbonyl (C=O) groups excluding carboxylic acids is 1. The molecule has 1 aliphatic carbocycles. The number of hydrogen-bond acceptors (Lipinski definition) is 3. The molecule has 0 saturated heterocycles. The van der Waals surface area contributed by atoms with E-state index in [0.29, 0.717) is 5.56 Å². The minimum Gasteiger partial charge on any atom is -0.431 e. The predicted octanol–water partition coefficient (Wildman–Crippen LogP) is 5.86. The topological polar surface area (TPSA) is 35.5 Å². The summed E-state index contributed by atoms with van der Waals surface area (Å²) in [5, 5.41) is 0.208. The Kier molecular flexibility index (Phi) is 6.41. The SMILES string of the molecule is CC(C)(C)[Si](C)(C)O[C@H]1C=C(/C=C\OC(=O)c2ccccc2)CCC1. The summed E-state index contributed by atoms with van der Waals surface area (Å²) in [5.74, 6) is -0.331. The number of esters is 1. The number of rotatable bonds is 5. The first-order valence-electron chi connectivity index (χ1n) is 9.00. The highest BCUT2D eigenvalue weighted by molar-refractivity contribution is 6.74. The van der Waals surface area contributed by atoms with Crippen molar-refractivity contribution in [3.05, 3.63) is 59.9 Å². The van der Waals surface area contributed by atoms with Crippen LogP contribution in [0.25, 0.3) is 0 Å². The lowest BCUT2D eigenvalue weighted by Gasteiger charge is -2.39. The van der Waals surface area contributed by atoms with Gasteiger partial charge in [-0.25, -0.2) is 4.79 Å². The highest BCUT2D eigenvalue weighted by Gasteiger charge is 2.39. The molecular formula is C21H30O3Si. The van der Waals surface area contributed by atoms with Gasteiger partial charge in [-0.1, -0.05) is 45.0 Å². The molecule has 1 atom stereocenters. The zero-order valence-corrected chi connectivity index (χ0v) is 17.0. The van der Waals surface area contributed by atoms with Crippen LogP contribution < -0.4 is 0 Å². The number of hydrogen-bond donors (Lipinski definition) is 0. The largest absolute Gasteiger partial charge is 0.431 e. The lowest BCUT2D eigenvalue weighted by Crippen LogP contribution is -2.43. The van der Waals surface area contributed by atoms with Crippen molar-refractivity contribution in [2.24, 2.45) is 0 Å². The van der Waals surface area contributed by atoms with Crippen LogP contribution in [0.4, 0.5) is 0 Å². The Balaban J connectivity index is 1.95. The Hall–Kier alpha value is -1.65. The molecule has 0 amide bonds. The van der Waals surface area contributed by atoms with E-state index in [1.165, 1.54) is 11.8 Å². The maximum absolute atomic E-state index is 11.9. The Morgan fingerprint density at radius 3 is 2.52 bits per heavy atom. The number of ether oxygens (including phenoxy) is 1. The Bertz CT molecular complexity index is 639. The molecule has 2 rings (SSSR count). The molecule has 1 aromatic rings. The fourth-order valence-electron chi connectivity index (χ4n) is 2.53. The molecule has 4 heteroatoms. The first-order chi connectivity index (χ1) is 11.7. The van der Waals surface area contributed by atoms with Gasteiger partial charge in [0.1, 0.15) is 0 Å². The van der Waals surface area contributed by atoms with E-state index >= 15 is 0 Å². The first kappa shape index (κ1) is 19.7. The van der Waals surface area contributed by atoms with Gasteiger partial charge >= 0.3 is 5.97 Å². The number of benzene rings is 1. The van der Waals surface area contributed by atoms with Crippen molar-refractivity contribution in [2.45, 2.75) is 64.3 Å². The van der Waals surface area contributed by atoms with Gasteiger partial charge < -0.3 is 9.16 Å². The van der Waals surface area contributed by atoms with Crippen molar-refractivity contribution in [1.82, 2.24) is 0 Å². The van der Waals surface area contributed by atoms with Crippen LogP contribution in [0.15, 0.2) is 54.3 Å². The van der Waals surface area contributed by atoms with Gasteiger partial charge in [0, 0.05) is 0 Å². The summed E-state index contributed by atoms with van der Waals surface area (Å²) < 4.78 is 11.7. The normalized spacial score (nSPS) is 18.9. The van der Waals surface area contributed by atoms with E-state index < -0.39 is 8.32 Å². The van der Waals surface area contributed by atoms with Gasteiger partial charge in [-0.3, -0.25) is 0 Å². The van der Waals surface area contributed by atoms with Crippen molar-refractivity contribution in [1.29, 1.82) is 0 Å². The van der Waals surface area contributed by atoms with E-state index in [0.717, 1.165) is 19.3 Å². The lowest BCUT2D eigenvalue weighted by molar-refractivity contribution is 0.0663. The molecule has 3 nitrogen and oxygen atoms in total. The van der Waals surface area contributed by atoms with E-state index in [-0.39, 0.29) is 17.1 Å². The van der Waals surface area contributed by atoms with Crippen LogP contribution in [0, 0.1) is 0 Å². The molecule has 0 fully saturated rings. The summed E-state index contributed by atoms with van der Waals surface area (Å²) in [7, 11) is -1.77. The molecule has 1 aliphatic rings. The third-order valence-corrected chi connectivity index (χ3v) is 9.58. The molecule has 0 aromatic heterocycles. The average Bonchev–Trinajstić information content (AvgIpc) is 2.54. The van der Waals surface area contributed by atoms with Crippen LogP contribution in [0.3, 0.4) is 0 Å². The molecular weight excluding hydrogens is 328 g/mol. The molecule has 0 saturated carbocycles. The zero-order chi connectivity index (χ0) is 18.5. The van der Waals surface area contributed by atoms with E-state index in [4.69, 9.17) is 9.16 Å². The monoisotopic (exact) mass is 358 g/mol. The molecule has 0 unspecified atom stereocenters. The van der Waals surface area contributed by atoms with Crippen LogP contribution in [-0.2, 0) is 9.16 Å². The number of allylic oxidation sites excluding steroid dienone is 2. The summed E-state index contributed by atoms with van der Waals surface area (Å²) in [6, 6.07) is 9.03.